The molecule has 0 unspecified atom stereocenters. The second-order valence-corrected chi connectivity index (χ2v) is 6.03. The zero-order valence-electron chi connectivity index (χ0n) is 13.4. The Morgan fingerprint density at radius 2 is 1.83 bits per heavy atom. The van der Waals surface area contributed by atoms with E-state index in [1.807, 2.05) is 60.0 Å². The molecule has 3 rings (SSSR count). The van der Waals surface area contributed by atoms with Crippen molar-refractivity contribution >= 4 is 23.1 Å². The molecule has 5 nitrogen and oxygen atoms in total. The minimum absolute atomic E-state index is 0.223. The lowest BCUT2D eigenvalue weighted by atomic mass is 9.94. The number of benzene rings is 2. The van der Waals surface area contributed by atoms with E-state index in [1.165, 1.54) is 18.6 Å². The second kappa shape index (κ2) is 6.90. The number of rotatable bonds is 5. The van der Waals surface area contributed by atoms with Gasteiger partial charge in [0.15, 0.2) is 5.60 Å². The van der Waals surface area contributed by atoms with Crippen LogP contribution in [0.25, 0.3) is 11.3 Å². The number of nitrogens with zero attached hydrogens (tertiary/aromatic N) is 2. The normalized spacial score (nSPS) is 13.2. The van der Waals surface area contributed by atoms with Crippen molar-refractivity contribution in [2.24, 2.45) is 0 Å². The molecule has 122 valence electrons. The Kier molecular flexibility index (Phi) is 4.69. The molecule has 1 N–H and O–H groups in total. The van der Waals surface area contributed by atoms with Gasteiger partial charge in [0, 0.05) is 23.7 Å². The highest BCUT2D eigenvalue weighted by Crippen LogP contribution is 2.27. The maximum absolute atomic E-state index is 12.7. The van der Waals surface area contributed by atoms with Gasteiger partial charge in [-0.1, -0.05) is 47.0 Å². The van der Waals surface area contributed by atoms with Crippen LogP contribution in [0, 0.1) is 0 Å². The molecule has 1 aromatic heterocycles. The third-order valence-corrected chi connectivity index (χ3v) is 4.47. The first-order valence-electron chi connectivity index (χ1n) is 7.43. The Bertz CT molecular complexity index is 804. The Morgan fingerprint density at radius 1 is 1.12 bits per heavy atom. The van der Waals surface area contributed by atoms with E-state index in [9.17, 15) is 4.79 Å². The Labute approximate surface area is 144 Å². The zero-order valence-corrected chi connectivity index (χ0v) is 14.2. The van der Waals surface area contributed by atoms with Crippen LogP contribution in [-0.2, 0) is 15.1 Å². The van der Waals surface area contributed by atoms with Crippen molar-refractivity contribution in [1.82, 2.24) is 9.59 Å². The van der Waals surface area contributed by atoms with Crippen LogP contribution in [0.3, 0.4) is 0 Å². The molecule has 0 spiro atoms. The van der Waals surface area contributed by atoms with Gasteiger partial charge in [0.1, 0.15) is 5.69 Å². The van der Waals surface area contributed by atoms with Gasteiger partial charge in [0.2, 0.25) is 0 Å². The average Bonchev–Trinajstić information content (AvgIpc) is 3.17. The van der Waals surface area contributed by atoms with Gasteiger partial charge in [-0.15, -0.1) is 5.10 Å². The number of methoxy groups -OCH3 is 1. The van der Waals surface area contributed by atoms with Crippen LogP contribution in [0.15, 0.2) is 60.0 Å². The number of hydrogen-bond acceptors (Lipinski definition) is 5. The minimum atomic E-state index is -1.06. The molecule has 0 aliphatic rings. The molecule has 6 heteroatoms. The SMILES string of the molecule is CO[C@@](C)(C(=O)Nc1ccc(-c2csnn2)cc1)c1ccccc1. The number of carbonyl (C=O) groups excluding carboxylic acids is 1. The smallest absolute Gasteiger partial charge is 0.260 e. The van der Waals surface area contributed by atoms with Gasteiger partial charge >= 0.3 is 0 Å². The Morgan fingerprint density at radius 3 is 2.42 bits per heavy atom. The van der Waals surface area contributed by atoms with Crippen LogP contribution in [0.2, 0.25) is 0 Å². The number of hydrogen-bond donors (Lipinski definition) is 1. The summed E-state index contributed by atoms with van der Waals surface area (Å²) in [5.41, 5.74) is 2.23. The monoisotopic (exact) mass is 339 g/mol. The number of nitrogens with one attached hydrogen (secondary N) is 1. The third-order valence-electron chi connectivity index (χ3n) is 3.96. The molecule has 0 fully saturated rings. The van der Waals surface area contributed by atoms with Crippen LogP contribution >= 0.6 is 11.5 Å². The predicted molar refractivity (Wildman–Crippen MR) is 94.8 cm³/mol. The number of amides is 1. The molecule has 1 amide bonds. The fraction of sp³-hybridized carbons (Fsp3) is 0.167. The molecule has 1 atom stereocenters. The first-order valence-corrected chi connectivity index (χ1v) is 8.27. The highest BCUT2D eigenvalue weighted by Gasteiger charge is 2.35. The van der Waals surface area contributed by atoms with Gasteiger partial charge in [-0.3, -0.25) is 4.79 Å². The van der Waals surface area contributed by atoms with Crippen LogP contribution < -0.4 is 5.32 Å². The standard InChI is InChI=1S/C18H17N3O2S/c1-18(23-2,14-6-4-3-5-7-14)17(22)19-15-10-8-13(9-11-15)16-12-24-21-20-16/h3-12H,1-2H3,(H,19,22)/t18-/m1/s1. The maximum atomic E-state index is 12.7. The highest BCUT2D eigenvalue weighted by atomic mass is 32.1. The zero-order chi connectivity index (χ0) is 17.0. The van der Waals surface area contributed by atoms with Crippen molar-refractivity contribution in [2.45, 2.75) is 12.5 Å². The van der Waals surface area contributed by atoms with E-state index in [0.29, 0.717) is 5.69 Å². The van der Waals surface area contributed by atoms with Crippen LogP contribution in [0.1, 0.15) is 12.5 Å². The Hall–Kier alpha value is -2.57. The van der Waals surface area contributed by atoms with Crippen molar-refractivity contribution in [3.8, 4) is 11.3 Å². The fourth-order valence-electron chi connectivity index (χ4n) is 2.36. The van der Waals surface area contributed by atoms with E-state index in [1.54, 1.807) is 6.92 Å². The summed E-state index contributed by atoms with van der Waals surface area (Å²) in [5.74, 6) is -0.223. The molecule has 1 heterocycles. The highest BCUT2D eigenvalue weighted by molar-refractivity contribution is 7.03. The summed E-state index contributed by atoms with van der Waals surface area (Å²) in [5, 5.41) is 8.82. The van der Waals surface area contributed by atoms with Gasteiger partial charge in [0.25, 0.3) is 5.91 Å². The van der Waals surface area contributed by atoms with E-state index < -0.39 is 5.60 Å². The number of carbonyl (C=O) groups is 1. The quantitative estimate of drug-likeness (QED) is 0.770. The fourth-order valence-corrected chi connectivity index (χ4v) is 2.83. The maximum Gasteiger partial charge on any atom is 0.260 e. The van der Waals surface area contributed by atoms with Crippen molar-refractivity contribution in [2.75, 3.05) is 12.4 Å². The van der Waals surface area contributed by atoms with E-state index in [2.05, 4.69) is 14.9 Å². The summed E-state index contributed by atoms with van der Waals surface area (Å²) in [4.78, 5) is 12.7. The van der Waals surface area contributed by atoms with Gasteiger partial charge in [-0.2, -0.15) is 0 Å². The molecule has 3 aromatic rings. The van der Waals surface area contributed by atoms with Gasteiger partial charge in [-0.25, -0.2) is 0 Å². The summed E-state index contributed by atoms with van der Waals surface area (Å²) in [6.45, 7) is 1.76. The van der Waals surface area contributed by atoms with Crippen molar-refractivity contribution in [3.63, 3.8) is 0 Å². The summed E-state index contributed by atoms with van der Waals surface area (Å²) < 4.78 is 9.36. The largest absolute Gasteiger partial charge is 0.364 e. The minimum Gasteiger partial charge on any atom is -0.364 e. The molecule has 24 heavy (non-hydrogen) atoms. The van der Waals surface area contributed by atoms with Crippen molar-refractivity contribution < 1.29 is 9.53 Å². The van der Waals surface area contributed by atoms with Crippen LogP contribution in [0.4, 0.5) is 5.69 Å². The number of ether oxygens (including phenoxy) is 1. The van der Waals surface area contributed by atoms with Gasteiger partial charge < -0.3 is 10.1 Å². The summed E-state index contributed by atoms with van der Waals surface area (Å²) in [6.07, 6.45) is 0. The molecule has 0 radical (unpaired) electrons. The lowest BCUT2D eigenvalue weighted by Gasteiger charge is -2.27. The second-order valence-electron chi connectivity index (χ2n) is 5.43. The van der Waals surface area contributed by atoms with Crippen molar-refractivity contribution in [1.29, 1.82) is 0 Å². The van der Waals surface area contributed by atoms with E-state index in [0.717, 1.165) is 16.8 Å². The van der Waals surface area contributed by atoms with Crippen molar-refractivity contribution in [3.05, 3.63) is 65.5 Å². The molecular formula is C18H17N3O2S. The topological polar surface area (TPSA) is 64.1 Å². The molecule has 2 aromatic carbocycles. The van der Waals surface area contributed by atoms with E-state index in [-0.39, 0.29) is 5.91 Å². The molecule has 0 saturated heterocycles. The molecule has 0 saturated carbocycles. The molecule has 0 aliphatic heterocycles. The average molecular weight is 339 g/mol. The van der Waals surface area contributed by atoms with Gasteiger partial charge in [-0.05, 0) is 36.2 Å². The summed E-state index contributed by atoms with van der Waals surface area (Å²) in [6, 6.07) is 16.9. The van der Waals surface area contributed by atoms with Gasteiger partial charge in [0.05, 0.1) is 0 Å². The Balaban J connectivity index is 1.78. The summed E-state index contributed by atoms with van der Waals surface area (Å²) >= 11 is 1.31. The van der Waals surface area contributed by atoms with Crippen LogP contribution in [0.5, 0.6) is 0 Å². The lowest BCUT2D eigenvalue weighted by molar-refractivity contribution is -0.136. The van der Waals surface area contributed by atoms with Crippen LogP contribution in [-0.4, -0.2) is 22.6 Å². The molecule has 0 aliphatic carbocycles. The first kappa shape index (κ1) is 16.3. The van der Waals surface area contributed by atoms with E-state index >= 15 is 0 Å². The third kappa shape index (κ3) is 3.20. The first-order chi connectivity index (χ1) is 11.6. The molecule has 0 bridgehead atoms. The lowest BCUT2D eigenvalue weighted by Crippen LogP contribution is -2.39. The predicted octanol–water partition coefficient (Wildman–Crippen LogP) is 3.71. The van der Waals surface area contributed by atoms with E-state index in [4.69, 9.17) is 4.74 Å². The summed E-state index contributed by atoms with van der Waals surface area (Å²) in [7, 11) is 1.53. The number of anilines is 1. The molecular weight excluding hydrogens is 322 g/mol. The number of aromatic nitrogens is 2.